The predicted molar refractivity (Wildman–Crippen MR) is 107 cm³/mol. The summed E-state index contributed by atoms with van der Waals surface area (Å²) >= 11 is 0. The van der Waals surface area contributed by atoms with Crippen molar-refractivity contribution in [3.05, 3.63) is 70.4 Å². The lowest BCUT2D eigenvalue weighted by Crippen LogP contribution is -2.31. The first-order valence-corrected chi connectivity index (χ1v) is 8.98. The van der Waals surface area contributed by atoms with Gasteiger partial charge in [0.1, 0.15) is 6.54 Å². The van der Waals surface area contributed by atoms with Crippen molar-refractivity contribution in [1.82, 2.24) is 10.3 Å². The van der Waals surface area contributed by atoms with Gasteiger partial charge < -0.3 is 15.0 Å². The maximum absolute atomic E-state index is 12.5. The van der Waals surface area contributed by atoms with E-state index in [9.17, 15) is 14.4 Å². The molecule has 0 fully saturated rings. The average Bonchev–Trinajstić information content (AvgIpc) is 2.99. The summed E-state index contributed by atoms with van der Waals surface area (Å²) < 4.78 is 5.05. The van der Waals surface area contributed by atoms with E-state index in [1.165, 1.54) is 0 Å². The van der Waals surface area contributed by atoms with Crippen molar-refractivity contribution in [2.75, 3.05) is 13.2 Å². The number of carbonyl (C=O) groups is 3. The zero-order valence-electron chi connectivity index (χ0n) is 16.1. The summed E-state index contributed by atoms with van der Waals surface area (Å²) in [4.78, 5) is 39.8. The molecule has 3 rings (SSSR count). The van der Waals surface area contributed by atoms with E-state index in [-0.39, 0.29) is 24.8 Å². The van der Waals surface area contributed by atoms with Crippen molar-refractivity contribution in [3.8, 4) is 0 Å². The minimum Gasteiger partial charge on any atom is -0.456 e. The lowest BCUT2D eigenvalue weighted by molar-refractivity contribution is -0.141. The molecular weight excluding hydrogens is 356 g/mol. The molecule has 1 amide bonds. The molecule has 0 aliphatic carbocycles. The minimum atomic E-state index is -0.663. The number of amides is 1. The van der Waals surface area contributed by atoms with Gasteiger partial charge in [0.25, 0.3) is 5.91 Å². The van der Waals surface area contributed by atoms with E-state index in [2.05, 4.69) is 10.3 Å². The number of aromatic nitrogens is 1. The van der Waals surface area contributed by atoms with Crippen molar-refractivity contribution in [1.29, 1.82) is 0 Å². The van der Waals surface area contributed by atoms with Crippen LogP contribution in [-0.2, 0) is 9.53 Å². The minimum absolute atomic E-state index is 0.288. The third-order valence-corrected chi connectivity index (χ3v) is 4.41. The molecule has 3 aromatic rings. The van der Waals surface area contributed by atoms with Gasteiger partial charge in [-0.15, -0.1) is 0 Å². The van der Waals surface area contributed by atoms with E-state index in [4.69, 9.17) is 4.74 Å². The number of aromatic amines is 1. The van der Waals surface area contributed by atoms with Crippen LogP contribution in [0.15, 0.2) is 42.5 Å². The quantitative estimate of drug-likeness (QED) is 0.509. The number of ketones is 1. The predicted octanol–water partition coefficient (Wildman–Crippen LogP) is 3.25. The summed E-state index contributed by atoms with van der Waals surface area (Å²) in [5.74, 6) is -1.31. The monoisotopic (exact) mass is 378 g/mol. The van der Waals surface area contributed by atoms with Gasteiger partial charge in [-0.05, 0) is 39.0 Å². The topological polar surface area (TPSA) is 88.3 Å². The second-order valence-corrected chi connectivity index (χ2v) is 6.81. The zero-order valence-corrected chi connectivity index (χ0v) is 16.1. The van der Waals surface area contributed by atoms with E-state index >= 15 is 0 Å². The third-order valence-electron chi connectivity index (χ3n) is 4.41. The Hall–Kier alpha value is -3.41. The van der Waals surface area contributed by atoms with Crippen LogP contribution in [0.3, 0.4) is 0 Å². The van der Waals surface area contributed by atoms with E-state index in [1.807, 2.05) is 44.2 Å². The number of rotatable bonds is 6. The molecule has 0 unspecified atom stereocenters. The number of hydrogen-bond acceptors (Lipinski definition) is 4. The van der Waals surface area contributed by atoms with Gasteiger partial charge in [0.15, 0.2) is 6.61 Å². The fourth-order valence-electron chi connectivity index (χ4n) is 3.27. The Kier molecular flexibility index (Phi) is 5.59. The normalized spacial score (nSPS) is 10.7. The SMILES string of the molecule is Cc1cc(C)cc(C(=O)NCC(=O)OCC(=O)c2c(C)[nH]c3ccccc23)c1. The molecule has 0 saturated carbocycles. The number of esters is 1. The van der Waals surface area contributed by atoms with E-state index < -0.39 is 5.97 Å². The first kappa shape index (κ1) is 19.4. The van der Waals surface area contributed by atoms with Gasteiger partial charge >= 0.3 is 5.97 Å². The van der Waals surface area contributed by atoms with Crippen LogP contribution in [-0.4, -0.2) is 35.8 Å². The van der Waals surface area contributed by atoms with Crippen molar-refractivity contribution < 1.29 is 19.1 Å². The molecule has 2 aromatic carbocycles. The number of carbonyl (C=O) groups excluding carboxylic acids is 3. The number of benzene rings is 2. The summed E-state index contributed by atoms with van der Waals surface area (Å²) in [7, 11) is 0. The molecule has 0 aliphatic heterocycles. The van der Waals surface area contributed by atoms with E-state index in [0.717, 1.165) is 27.7 Å². The fraction of sp³-hybridized carbons (Fsp3) is 0.227. The molecule has 0 aliphatic rings. The number of Topliss-reactive ketones (excluding diaryl/α,β-unsaturated/α-hetero) is 1. The molecule has 2 N–H and O–H groups in total. The van der Waals surface area contributed by atoms with Crippen LogP contribution in [0.2, 0.25) is 0 Å². The Morgan fingerprint density at radius 2 is 1.68 bits per heavy atom. The van der Waals surface area contributed by atoms with Gasteiger partial charge in [-0.1, -0.05) is 35.4 Å². The zero-order chi connectivity index (χ0) is 20.3. The van der Waals surface area contributed by atoms with Crippen molar-refractivity contribution >= 4 is 28.6 Å². The second kappa shape index (κ2) is 8.08. The fourth-order valence-corrected chi connectivity index (χ4v) is 3.27. The summed E-state index contributed by atoms with van der Waals surface area (Å²) in [6, 6.07) is 12.9. The summed E-state index contributed by atoms with van der Waals surface area (Å²) in [5.41, 5.74) is 4.51. The summed E-state index contributed by atoms with van der Waals surface area (Å²) in [6.45, 7) is 4.93. The van der Waals surface area contributed by atoms with Crippen LogP contribution in [0.1, 0.15) is 37.5 Å². The molecule has 6 heteroatoms. The van der Waals surface area contributed by atoms with Gasteiger partial charge in [-0.25, -0.2) is 0 Å². The number of aryl methyl sites for hydroxylation is 3. The third kappa shape index (κ3) is 4.28. The molecule has 28 heavy (non-hydrogen) atoms. The first-order valence-electron chi connectivity index (χ1n) is 8.98. The molecule has 144 valence electrons. The highest BCUT2D eigenvalue weighted by Crippen LogP contribution is 2.22. The smallest absolute Gasteiger partial charge is 0.325 e. The van der Waals surface area contributed by atoms with Crippen LogP contribution in [0.5, 0.6) is 0 Å². The second-order valence-electron chi connectivity index (χ2n) is 6.81. The Morgan fingerprint density at radius 1 is 1.00 bits per heavy atom. The summed E-state index contributed by atoms with van der Waals surface area (Å²) in [6.07, 6.45) is 0. The van der Waals surface area contributed by atoms with Crippen LogP contribution in [0.25, 0.3) is 10.9 Å². The highest BCUT2D eigenvalue weighted by Gasteiger charge is 2.18. The number of nitrogens with one attached hydrogen (secondary N) is 2. The number of H-pyrrole nitrogens is 1. The highest BCUT2D eigenvalue weighted by atomic mass is 16.5. The van der Waals surface area contributed by atoms with Gasteiger partial charge in [0, 0.05) is 27.7 Å². The highest BCUT2D eigenvalue weighted by molar-refractivity contribution is 6.10. The van der Waals surface area contributed by atoms with Gasteiger partial charge in [0.05, 0.1) is 0 Å². The van der Waals surface area contributed by atoms with Gasteiger partial charge in [-0.3, -0.25) is 14.4 Å². The molecule has 0 spiro atoms. The molecule has 0 radical (unpaired) electrons. The van der Waals surface area contributed by atoms with Gasteiger partial charge in [-0.2, -0.15) is 0 Å². The molecule has 1 aromatic heterocycles. The molecule has 1 heterocycles. The molecule has 0 saturated heterocycles. The van der Waals surface area contributed by atoms with Crippen LogP contribution in [0, 0.1) is 20.8 Å². The lowest BCUT2D eigenvalue weighted by Gasteiger charge is -2.08. The van der Waals surface area contributed by atoms with E-state index in [0.29, 0.717) is 11.1 Å². The Bertz CT molecular complexity index is 1050. The number of para-hydroxylation sites is 1. The molecular formula is C22H22N2O4. The van der Waals surface area contributed by atoms with Crippen LogP contribution < -0.4 is 5.32 Å². The van der Waals surface area contributed by atoms with Gasteiger partial charge in [0.2, 0.25) is 5.78 Å². The van der Waals surface area contributed by atoms with E-state index in [1.54, 1.807) is 19.1 Å². The average molecular weight is 378 g/mol. The number of ether oxygens (including phenoxy) is 1. The largest absolute Gasteiger partial charge is 0.456 e. The number of hydrogen-bond donors (Lipinski definition) is 2. The molecule has 0 bridgehead atoms. The van der Waals surface area contributed by atoms with Crippen LogP contribution >= 0.6 is 0 Å². The lowest BCUT2D eigenvalue weighted by atomic mass is 10.1. The molecule has 6 nitrogen and oxygen atoms in total. The van der Waals surface area contributed by atoms with Crippen molar-refractivity contribution in [2.45, 2.75) is 20.8 Å². The standard InChI is InChI=1S/C22H22N2O4/c1-13-8-14(2)10-16(9-13)22(27)23-11-20(26)28-12-19(25)21-15(3)24-18-7-5-4-6-17(18)21/h4-10,24H,11-12H2,1-3H3,(H,23,27). The first-order chi connectivity index (χ1) is 13.3. The Labute approximate surface area is 162 Å². The maximum Gasteiger partial charge on any atom is 0.325 e. The number of fused-ring (bicyclic) bond motifs is 1. The maximum atomic E-state index is 12.5. The summed E-state index contributed by atoms with van der Waals surface area (Å²) in [5, 5.41) is 3.32. The van der Waals surface area contributed by atoms with Crippen LogP contribution in [0.4, 0.5) is 0 Å². The Morgan fingerprint density at radius 3 is 2.39 bits per heavy atom. The molecule has 0 atom stereocenters. The van der Waals surface area contributed by atoms with Crippen molar-refractivity contribution in [2.24, 2.45) is 0 Å². The Balaban J connectivity index is 1.56. The van der Waals surface area contributed by atoms with Crippen molar-refractivity contribution in [3.63, 3.8) is 0 Å².